The van der Waals surface area contributed by atoms with Gasteiger partial charge in [0.05, 0.1) is 6.33 Å². The van der Waals surface area contributed by atoms with Crippen LogP contribution < -0.4 is 21.5 Å². The van der Waals surface area contributed by atoms with Crippen molar-refractivity contribution in [3.05, 3.63) is 38.7 Å². The fraction of sp³-hybridized carbons (Fsp3) is 0.471. The summed E-state index contributed by atoms with van der Waals surface area (Å²) in [6.07, 6.45) is 5.27. The number of fused-ring (bicyclic) bond motifs is 1. The SMILES string of the molecule is Cn1c(=O)c2c(ncn2CC(=O)NCC2CCCN2c2nccs2)n(C)c1=O. The minimum absolute atomic E-state index is 0.0338. The summed E-state index contributed by atoms with van der Waals surface area (Å²) in [5.41, 5.74) is -0.401. The van der Waals surface area contributed by atoms with Gasteiger partial charge in [-0.25, -0.2) is 14.8 Å². The molecule has 1 amide bonds. The summed E-state index contributed by atoms with van der Waals surface area (Å²) in [6, 6.07) is 0.211. The summed E-state index contributed by atoms with van der Waals surface area (Å²) >= 11 is 1.59. The van der Waals surface area contributed by atoms with Gasteiger partial charge < -0.3 is 14.8 Å². The quantitative estimate of drug-likeness (QED) is 0.626. The number of hydrogen-bond donors (Lipinski definition) is 1. The molecule has 1 aliphatic heterocycles. The van der Waals surface area contributed by atoms with Gasteiger partial charge in [0.2, 0.25) is 5.91 Å². The van der Waals surface area contributed by atoms with Crippen molar-refractivity contribution < 1.29 is 4.79 Å². The third-order valence-corrected chi connectivity index (χ3v) is 5.92. The lowest BCUT2D eigenvalue weighted by Gasteiger charge is -2.24. The minimum atomic E-state index is -0.464. The van der Waals surface area contributed by atoms with Crippen LogP contribution in [0.1, 0.15) is 12.8 Å². The Hall–Kier alpha value is -2.95. The van der Waals surface area contributed by atoms with Crippen LogP contribution in [-0.4, -0.2) is 48.7 Å². The van der Waals surface area contributed by atoms with Crippen LogP contribution in [0.15, 0.2) is 27.5 Å². The lowest BCUT2D eigenvalue weighted by atomic mass is 10.2. The molecule has 10 nitrogen and oxygen atoms in total. The molecule has 0 aliphatic carbocycles. The molecule has 0 radical (unpaired) electrons. The molecule has 1 saturated heterocycles. The molecule has 3 aromatic rings. The van der Waals surface area contributed by atoms with E-state index in [9.17, 15) is 14.4 Å². The molecule has 1 N–H and O–H groups in total. The van der Waals surface area contributed by atoms with Crippen molar-refractivity contribution in [1.29, 1.82) is 0 Å². The normalized spacial score (nSPS) is 16.8. The summed E-state index contributed by atoms with van der Waals surface area (Å²) < 4.78 is 3.80. The first-order chi connectivity index (χ1) is 13.5. The van der Waals surface area contributed by atoms with E-state index in [1.165, 1.54) is 22.5 Å². The van der Waals surface area contributed by atoms with E-state index in [4.69, 9.17) is 0 Å². The first-order valence-electron chi connectivity index (χ1n) is 9.01. The number of anilines is 1. The average Bonchev–Trinajstić information content (AvgIpc) is 3.42. The number of thiazole rings is 1. The highest BCUT2D eigenvalue weighted by Gasteiger charge is 2.26. The van der Waals surface area contributed by atoms with Gasteiger partial charge in [0.15, 0.2) is 16.3 Å². The van der Waals surface area contributed by atoms with Crippen molar-refractivity contribution in [2.45, 2.75) is 25.4 Å². The van der Waals surface area contributed by atoms with Crippen molar-refractivity contribution >= 4 is 33.5 Å². The lowest BCUT2D eigenvalue weighted by molar-refractivity contribution is -0.121. The number of carbonyl (C=O) groups is 1. The maximum atomic E-state index is 12.5. The number of aromatic nitrogens is 5. The molecule has 0 bridgehead atoms. The molecule has 4 heterocycles. The van der Waals surface area contributed by atoms with Crippen LogP contribution in [0.5, 0.6) is 0 Å². The van der Waals surface area contributed by atoms with Crippen LogP contribution in [0.25, 0.3) is 11.2 Å². The second-order valence-electron chi connectivity index (χ2n) is 6.86. The highest BCUT2D eigenvalue weighted by molar-refractivity contribution is 7.13. The fourth-order valence-electron chi connectivity index (χ4n) is 3.62. The summed E-state index contributed by atoms with van der Waals surface area (Å²) in [4.78, 5) is 47.7. The van der Waals surface area contributed by atoms with E-state index >= 15 is 0 Å². The van der Waals surface area contributed by atoms with Crippen molar-refractivity contribution in [3.8, 4) is 0 Å². The first kappa shape index (κ1) is 18.4. The zero-order valence-electron chi connectivity index (χ0n) is 15.7. The maximum absolute atomic E-state index is 12.5. The smallest absolute Gasteiger partial charge is 0.332 e. The molecule has 1 atom stereocenters. The zero-order valence-corrected chi connectivity index (χ0v) is 16.5. The number of nitrogens with one attached hydrogen (secondary N) is 1. The third-order valence-electron chi connectivity index (χ3n) is 5.11. The molecular weight excluding hydrogens is 382 g/mol. The van der Waals surface area contributed by atoms with E-state index in [1.54, 1.807) is 24.6 Å². The summed E-state index contributed by atoms with van der Waals surface area (Å²) in [6.45, 7) is 1.42. The number of rotatable bonds is 5. The molecule has 0 spiro atoms. The van der Waals surface area contributed by atoms with E-state index < -0.39 is 11.2 Å². The van der Waals surface area contributed by atoms with Crippen LogP contribution in [-0.2, 0) is 25.4 Å². The van der Waals surface area contributed by atoms with Gasteiger partial charge in [-0.3, -0.25) is 18.7 Å². The largest absolute Gasteiger partial charge is 0.352 e. The van der Waals surface area contributed by atoms with Crippen molar-refractivity contribution in [2.24, 2.45) is 14.1 Å². The Morgan fingerprint density at radius 1 is 1.29 bits per heavy atom. The molecule has 148 valence electrons. The van der Waals surface area contributed by atoms with Crippen LogP contribution >= 0.6 is 11.3 Å². The maximum Gasteiger partial charge on any atom is 0.332 e. The zero-order chi connectivity index (χ0) is 19.8. The van der Waals surface area contributed by atoms with Gasteiger partial charge in [0.1, 0.15) is 6.54 Å². The topological polar surface area (TPSA) is 107 Å². The monoisotopic (exact) mass is 403 g/mol. The lowest BCUT2D eigenvalue weighted by Crippen LogP contribution is -2.41. The van der Waals surface area contributed by atoms with Gasteiger partial charge in [-0.15, -0.1) is 11.3 Å². The van der Waals surface area contributed by atoms with E-state index in [1.807, 2.05) is 5.38 Å². The number of hydrogen-bond acceptors (Lipinski definition) is 7. The second-order valence-corrected chi connectivity index (χ2v) is 7.73. The third kappa shape index (κ3) is 3.11. The van der Waals surface area contributed by atoms with Crippen molar-refractivity contribution in [2.75, 3.05) is 18.0 Å². The van der Waals surface area contributed by atoms with E-state index in [0.29, 0.717) is 6.54 Å². The molecule has 3 aromatic heterocycles. The summed E-state index contributed by atoms with van der Waals surface area (Å²) in [5, 5.41) is 5.87. The highest BCUT2D eigenvalue weighted by Crippen LogP contribution is 2.26. The van der Waals surface area contributed by atoms with E-state index in [2.05, 4.69) is 20.2 Å². The molecule has 1 fully saturated rings. The van der Waals surface area contributed by atoms with Gasteiger partial charge in [-0.1, -0.05) is 0 Å². The van der Waals surface area contributed by atoms with Gasteiger partial charge in [-0.05, 0) is 12.8 Å². The first-order valence-corrected chi connectivity index (χ1v) is 9.89. The summed E-state index contributed by atoms with van der Waals surface area (Å²) in [5.74, 6) is -0.207. The van der Waals surface area contributed by atoms with E-state index in [-0.39, 0.29) is 29.7 Å². The number of nitrogens with zero attached hydrogens (tertiary/aromatic N) is 6. The molecule has 0 aromatic carbocycles. The van der Waals surface area contributed by atoms with Gasteiger partial charge in [-0.2, -0.15) is 0 Å². The van der Waals surface area contributed by atoms with Crippen LogP contribution in [0.3, 0.4) is 0 Å². The Bertz CT molecular complexity index is 1130. The van der Waals surface area contributed by atoms with Gasteiger partial charge in [0.25, 0.3) is 5.56 Å². The summed E-state index contributed by atoms with van der Waals surface area (Å²) in [7, 11) is 2.96. The van der Waals surface area contributed by atoms with Crippen molar-refractivity contribution in [1.82, 2.24) is 29.0 Å². The standard InChI is InChI=1S/C17H21N7O3S/c1-21-14-13(15(26)22(2)17(21)27)23(10-20-14)9-12(25)19-8-11-4-3-6-24(11)16-18-5-7-28-16/h5,7,10-11H,3-4,6,8-9H2,1-2H3,(H,19,25). The Balaban J connectivity index is 1.47. The molecule has 0 saturated carbocycles. The van der Waals surface area contributed by atoms with E-state index in [0.717, 1.165) is 29.1 Å². The number of amides is 1. The molecule has 1 aliphatic rings. The average molecular weight is 403 g/mol. The van der Waals surface area contributed by atoms with Gasteiger partial charge in [0, 0.05) is 44.8 Å². The molecule has 11 heteroatoms. The molecule has 28 heavy (non-hydrogen) atoms. The predicted octanol–water partition coefficient (Wildman–Crippen LogP) is -0.325. The highest BCUT2D eigenvalue weighted by atomic mass is 32.1. The Kier molecular flexibility index (Phi) is 4.75. The fourth-order valence-corrected chi connectivity index (χ4v) is 4.36. The van der Waals surface area contributed by atoms with Crippen LogP contribution in [0.4, 0.5) is 5.13 Å². The number of imidazole rings is 1. The van der Waals surface area contributed by atoms with Crippen LogP contribution in [0, 0.1) is 0 Å². The molecule has 1 unspecified atom stereocenters. The molecule has 4 rings (SSSR count). The minimum Gasteiger partial charge on any atom is -0.352 e. The predicted molar refractivity (Wildman–Crippen MR) is 106 cm³/mol. The Morgan fingerprint density at radius 3 is 2.86 bits per heavy atom. The second kappa shape index (κ2) is 7.23. The number of aryl methyl sites for hydroxylation is 1. The van der Waals surface area contributed by atoms with Crippen molar-refractivity contribution in [3.63, 3.8) is 0 Å². The Morgan fingerprint density at radius 2 is 2.11 bits per heavy atom. The number of carbonyl (C=O) groups excluding carboxylic acids is 1. The molecular formula is C17H21N7O3S. The van der Waals surface area contributed by atoms with Crippen LogP contribution in [0.2, 0.25) is 0 Å². The van der Waals surface area contributed by atoms with Gasteiger partial charge >= 0.3 is 5.69 Å². The Labute approximate surface area is 164 Å².